The number of halogens is 1. The van der Waals surface area contributed by atoms with Crippen molar-refractivity contribution < 1.29 is 4.39 Å². The third kappa shape index (κ3) is 4.49. The molecule has 0 atom stereocenters. The fourth-order valence-electron chi connectivity index (χ4n) is 2.26. The zero-order valence-corrected chi connectivity index (χ0v) is 14.0. The van der Waals surface area contributed by atoms with E-state index in [4.69, 9.17) is 0 Å². The summed E-state index contributed by atoms with van der Waals surface area (Å²) in [5.74, 6) is -0.213. The topological polar surface area (TPSA) is 37.8 Å². The standard InChI is InChI=1S/C19H22FN3/c1-5-17(14(4)16(20)10-13(2)3)23-12-15-6-7-18-19(11-15)22-9-8-21-18/h5-11,23H,12H2,1-4H3/b16-14+,17-5+. The molecule has 120 valence electrons. The van der Waals surface area contributed by atoms with Gasteiger partial charge in [-0.25, -0.2) is 4.39 Å². The van der Waals surface area contributed by atoms with Crippen molar-refractivity contribution in [2.45, 2.75) is 34.2 Å². The molecule has 1 heterocycles. The van der Waals surface area contributed by atoms with Gasteiger partial charge in [0.25, 0.3) is 0 Å². The molecule has 2 rings (SSSR count). The molecule has 1 aromatic heterocycles. The van der Waals surface area contributed by atoms with Gasteiger partial charge in [-0.05, 0) is 51.5 Å². The van der Waals surface area contributed by atoms with Crippen molar-refractivity contribution >= 4 is 11.0 Å². The maximum absolute atomic E-state index is 14.1. The van der Waals surface area contributed by atoms with Crippen LogP contribution in [0.4, 0.5) is 4.39 Å². The van der Waals surface area contributed by atoms with Crippen molar-refractivity contribution in [2.24, 2.45) is 0 Å². The van der Waals surface area contributed by atoms with Gasteiger partial charge < -0.3 is 5.32 Å². The van der Waals surface area contributed by atoms with Crippen LogP contribution in [0.2, 0.25) is 0 Å². The minimum absolute atomic E-state index is 0.213. The van der Waals surface area contributed by atoms with Crippen LogP contribution in [0.15, 0.2) is 65.4 Å². The SMILES string of the molecule is C/C=C(NCc1ccc2nccnc2c1)\C(C)=C(\F)C=C(C)C. The number of rotatable bonds is 5. The number of fused-ring (bicyclic) bond motifs is 1. The Bertz CT molecular complexity index is 784. The van der Waals surface area contributed by atoms with Gasteiger partial charge in [-0.3, -0.25) is 9.97 Å². The van der Waals surface area contributed by atoms with Gasteiger partial charge in [-0.1, -0.05) is 17.7 Å². The lowest BCUT2D eigenvalue weighted by Gasteiger charge is -2.12. The normalized spacial score (nSPS) is 12.8. The zero-order valence-electron chi connectivity index (χ0n) is 14.0. The van der Waals surface area contributed by atoms with Gasteiger partial charge in [0, 0.05) is 30.2 Å². The van der Waals surface area contributed by atoms with E-state index in [1.807, 2.05) is 45.0 Å². The second kappa shape index (κ2) is 7.68. The smallest absolute Gasteiger partial charge is 0.128 e. The summed E-state index contributed by atoms with van der Waals surface area (Å²) < 4.78 is 14.1. The lowest BCUT2D eigenvalue weighted by atomic mass is 10.1. The van der Waals surface area contributed by atoms with Crippen molar-refractivity contribution in [1.29, 1.82) is 0 Å². The maximum Gasteiger partial charge on any atom is 0.128 e. The molecule has 0 saturated carbocycles. The molecule has 0 radical (unpaired) electrons. The van der Waals surface area contributed by atoms with Crippen molar-refractivity contribution in [1.82, 2.24) is 15.3 Å². The quantitative estimate of drug-likeness (QED) is 0.803. The fraction of sp³-hybridized carbons (Fsp3) is 0.263. The molecule has 1 N–H and O–H groups in total. The molecule has 2 aromatic rings. The average molecular weight is 311 g/mol. The summed E-state index contributed by atoms with van der Waals surface area (Å²) in [6.45, 7) is 8.04. The van der Waals surface area contributed by atoms with E-state index in [9.17, 15) is 4.39 Å². The summed E-state index contributed by atoms with van der Waals surface area (Å²) in [5.41, 5.74) is 5.14. The molecule has 0 amide bonds. The molecule has 0 aliphatic heterocycles. The number of nitrogens with zero attached hydrogens (tertiary/aromatic N) is 2. The first-order valence-electron chi connectivity index (χ1n) is 7.62. The van der Waals surface area contributed by atoms with Gasteiger partial charge in [-0.15, -0.1) is 0 Å². The van der Waals surface area contributed by atoms with Gasteiger partial charge in [0.2, 0.25) is 0 Å². The first-order valence-corrected chi connectivity index (χ1v) is 7.62. The van der Waals surface area contributed by atoms with Gasteiger partial charge in [0.15, 0.2) is 0 Å². The number of benzene rings is 1. The van der Waals surface area contributed by atoms with Crippen LogP contribution in [-0.4, -0.2) is 9.97 Å². The summed E-state index contributed by atoms with van der Waals surface area (Å²) in [7, 11) is 0. The maximum atomic E-state index is 14.1. The molecule has 1 aromatic carbocycles. The Hall–Kier alpha value is -2.49. The largest absolute Gasteiger partial charge is 0.381 e. The van der Waals surface area contributed by atoms with E-state index in [1.165, 1.54) is 0 Å². The van der Waals surface area contributed by atoms with Crippen molar-refractivity contribution in [3.05, 3.63) is 71.0 Å². The van der Waals surface area contributed by atoms with Crippen molar-refractivity contribution in [3.63, 3.8) is 0 Å². The second-order valence-electron chi connectivity index (χ2n) is 5.63. The second-order valence-corrected chi connectivity index (χ2v) is 5.63. The van der Waals surface area contributed by atoms with Crippen LogP contribution in [0.1, 0.15) is 33.3 Å². The Morgan fingerprint density at radius 3 is 2.48 bits per heavy atom. The number of nitrogens with one attached hydrogen (secondary N) is 1. The van der Waals surface area contributed by atoms with E-state index < -0.39 is 0 Å². The first kappa shape index (κ1) is 16.9. The molecule has 0 unspecified atom stereocenters. The lowest BCUT2D eigenvalue weighted by molar-refractivity contribution is 0.648. The third-order valence-corrected chi connectivity index (χ3v) is 3.48. The van der Waals surface area contributed by atoms with Crippen LogP contribution >= 0.6 is 0 Å². The van der Waals surface area contributed by atoms with Crippen molar-refractivity contribution in [2.75, 3.05) is 0 Å². The third-order valence-electron chi connectivity index (χ3n) is 3.48. The highest BCUT2D eigenvalue weighted by Crippen LogP contribution is 2.17. The van der Waals surface area contributed by atoms with E-state index in [2.05, 4.69) is 15.3 Å². The first-order chi connectivity index (χ1) is 11.0. The van der Waals surface area contributed by atoms with Crippen LogP contribution in [0.3, 0.4) is 0 Å². The van der Waals surface area contributed by atoms with Gasteiger partial charge >= 0.3 is 0 Å². The summed E-state index contributed by atoms with van der Waals surface area (Å²) in [6.07, 6.45) is 6.79. The van der Waals surface area contributed by atoms with Gasteiger partial charge in [0.05, 0.1) is 11.0 Å². The fourth-order valence-corrected chi connectivity index (χ4v) is 2.26. The van der Waals surface area contributed by atoms with E-state index >= 15 is 0 Å². The molecule has 4 heteroatoms. The molecule has 0 saturated heterocycles. The predicted octanol–water partition coefficient (Wildman–Crippen LogP) is 4.83. The predicted molar refractivity (Wildman–Crippen MR) is 93.4 cm³/mol. The monoisotopic (exact) mass is 311 g/mol. The van der Waals surface area contributed by atoms with Crippen LogP contribution in [-0.2, 0) is 6.54 Å². The summed E-state index contributed by atoms with van der Waals surface area (Å²) in [6, 6.07) is 5.94. The van der Waals surface area contributed by atoms with Crippen molar-refractivity contribution in [3.8, 4) is 0 Å². The van der Waals surface area contributed by atoms with E-state index in [0.717, 1.165) is 27.9 Å². The lowest BCUT2D eigenvalue weighted by Crippen LogP contribution is -2.14. The molecular formula is C19H22FN3. The molecule has 23 heavy (non-hydrogen) atoms. The van der Waals surface area contributed by atoms with Crippen LogP contribution in [0.25, 0.3) is 11.0 Å². The molecule has 0 spiro atoms. The average Bonchev–Trinajstić information content (AvgIpc) is 2.54. The van der Waals surface area contributed by atoms with Crippen LogP contribution < -0.4 is 5.32 Å². The highest BCUT2D eigenvalue weighted by atomic mass is 19.1. The Labute approximate surface area is 136 Å². The number of allylic oxidation sites excluding steroid dienone is 5. The molecule has 0 aliphatic carbocycles. The minimum Gasteiger partial charge on any atom is -0.381 e. The molecule has 0 bridgehead atoms. The van der Waals surface area contributed by atoms with Crippen LogP contribution in [0, 0.1) is 0 Å². The molecular weight excluding hydrogens is 289 g/mol. The molecule has 0 aliphatic rings. The Kier molecular flexibility index (Phi) is 5.63. The minimum atomic E-state index is -0.213. The molecule has 0 fully saturated rings. The number of aromatic nitrogens is 2. The highest BCUT2D eigenvalue weighted by Gasteiger charge is 2.05. The Morgan fingerprint density at radius 2 is 1.83 bits per heavy atom. The number of hydrogen-bond acceptors (Lipinski definition) is 3. The summed E-state index contributed by atoms with van der Waals surface area (Å²) >= 11 is 0. The van der Waals surface area contributed by atoms with E-state index in [1.54, 1.807) is 25.4 Å². The van der Waals surface area contributed by atoms with E-state index in [0.29, 0.717) is 12.1 Å². The molecule has 3 nitrogen and oxygen atoms in total. The van der Waals surface area contributed by atoms with E-state index in [-0.39, 0.29) is 5.83 Å². The summed E-state index contributed by atoms with van der Waals surface area (Å²) in [5, 5.41) is 3.29. The highest BCUT2D eigenvalue weighted by molar-refractivity contribution is 5.74. The van der Waals surface area contributed by atoms with Crippen LogP contribution in [0.5, 0.6) is 0 Å². The Balaban J connectivity index is 2.15. The zero-order chi connectivity index (χ0) is 16.8. The Morgan fingerprint density at radius 1 is 1.13 bits per heavy atom. The van der Waals surface area contributed by atoms with Gasteiger partial charge in [0.1, 0.15) is 5.83 Å². The number of hydrogen-bond donors (Lipinski definition) is 1. The summed E-state index contributed by atoms with van der Waals surface area (Å²) in [4.78, 5) is 8.56. The van der Waals surface area contributed by atoms with Gasteiger partial charge in [-0.2, -0.15) is 0 Å².